The van der Waals surface area contributed by atoms with E-state index in [-0.39, 0.29) is 0 Å². The van der Waals surface area contributed by atoms with Crippen LogP contribution in [-0.4, -0.2) is 15.8 Å². The molecule has 5 heteroatoms. The molecule has 0 aromatic carbocycles. The zero-order valence-corrected chi connectivity index (χ0v) is 6.75. The molecule has 1 atom stereocenters. The van der Waals surface area contributed by atoms with Crippen molar-refractivity contribution in [1.82, 2.24) is 0 Å². The molecule has 0 aromatic heterocycles. The Kier molecular flexibility index (Phi) is 2.48. The predicted octanol–water partition coefficient (Wildman–Crippen LogP) is 2.39. The lowest BCUT2D eigenvalue weighted by Crippen LogP contribution is -2.36. The highest BCUT2D eigenvalue weighted by Crippen LogP contribution is 2.35. The molecule has 0 aromatic rings. The van der Waals surface area contributed by atoms with Crippen LogP contribution in [0.5, 0.6) is 0 Å². The van der Waals surface area contributed by atoms with Crippen LogP contribution in [0.1, 0.15) is 6.92 Å². The van der Waals surface area contributed by atoms with Gasteiger partial charge in [-0.1, -0.05) is 22.6 Å². The summed E-state index contributed by atoms with van der Waals surface area (Å²) in [4.78, 5) is 0. The molecule has 1 N–H and O–H groups in total. The number of alkyl halides is 4. The number of rotatable bonds is 1. The lowest BCUT2D eigenvalue weighted by molar-refractivity contribution is -0.133. The maximum Gasteiger partial charge on any atom is 0.407 e. The van der Waals surface area contributed by atoms with Gasteiger partial charge in [0, 0.05) is 6.21 Å². The standard InChI is InChI=1S/C4H5F3IN/c1-3(8,2-9)4(5,6)7/h2,9H,1H3. The van der Waals surface area contributed by atoms with Crippen LogP contribution in [0.2, 0.25) is 0 Å². The summed E-state index contributed by atoms with van der Waals surface area (Å²) in [5.74, 6) is 0. The van der Waals surface area contributed by atoms with Crippen molar-refractivity contribution in [3.63, 3.8) is 0 Å². The summed E-state index contributed by atoms with van der Waals surface area (Å²) in [6.45, 7) is 0.945. The maximum atomic E-state index is 11.7. The topological polar surface area (TPSA) is 23.9 Å². The van der Waals surface area contributed by atoms with Gasteiger partial charge in [0.2, 0.25) is 0 Å². The molecule has 0 amide bonds. The van der Waals surface area contributed by atoms with Crippen LogP contribution in [0.15, 0.2) is 0 Å². The van der Waals surface area contributed by atoms with Crippen molar-refractivity contribution in [3.05, 3.63) is 0 Å². The van der Waals surface area contributed by atoms with Crippen molar-refractivity contribution in [2.75, 3.05) is 0 Å². The van der Waals surface area contributed by atoms with E-state index in [4.69, 9.17) is 5.41 Å². The Hall–Kier alpha value is 0.190. The van der Waals surface area contributed by atoms with Crippen LogP contribution in [0, 0.1) is 5.41 Å². The first-order valence-electron chi connectivity index (χ1n) is 2.08. The molecule has 0 fully saturated rings. The van der Waals surface area contributed by atoms with E-state index in [1.165, 1.54) is 22.6 Å². The van der Waals surface area contributed by atoms with Crippen molar-refractivity contribution in [3.8, 4) is 0 Å². The van der Waals surface area contributed by atoms with E-state index in [9.17, 15) is 13.2 Å². The van der Waals surface area contributed by atoms with E-state index in [0.29, 0.717) is 6.21 Å². The van der Waals surface area contributed by atoms with E-state index in [1.54, 1.807) is 0 Å². The van der Waals surface area contributed by atoms with Crippen LogP contribution >= 0.6 is 22.6 Å². The smallest absolute Gasteiger partial charge is 0.311 e. The molecule has 0 spiro atoms. The van der Waals surface area contributed by atoms with Crippen LogP contribution in [0.4, 0.5) is 13.2 Å². The fourth-order valence-corrected chi connectivity index (χ4v) is 0.0818. The quantitative estimate of drug-likeness (QED) is 0.420. The summed E-state index contributed by atoms with van der Waals surface area (Å²) in [5.41, 5.74) is 0. The lowest BCUT2D eigenvalue weighted by Gasteiger charge is -2.19. The van der Waals surface area contributed by atoms with E-state index >= 15 is 0 Å². The van der Waals surface area contributed by atoms with Gasteiger partial charge >= 0.3 is 6.18 Å². The first-order chi connectivity index (χ1) is 3.81. The molecule has 0 aliphatic heterocycles. The summed E-state index contributed by atoms with van der Waals surface area (Å²) in [6.07, 6.45) is -3.93. The Morgan fingerprint density at radius 2 is 1.78 bits per heavy atom. The first kappa shape index (κ1) is 9.19. The van der Waals surface area contributed by atoms with Gasteiger partial charge in [0.15, 0.2) is 0 Å². The number of hydrogen-bond donors (Lipinski definition) is 1. The molecular weight excluding hydrogens is 246 g/mol. The van der Waals surface area contributed by atoms with Crippen LogP contribution in [-0.2, 0) is 0 Å². The fourth-order valence-electron chi connectivity index (χ4n) is 0.0818. The van der Waals surface area contributed by atoms with Crippen LogP contribution < -0.4 is 0 Å². The predicted molar refractivity (Wildman–Crippen MR) is 37.3 cm³/mol. The van der Waals surface area contributed by atoms with Gasteiger partial charge in [-0.25, -0.2) is 0 Å². The van der Waals surface area contributed by atoms with Crippen molar-refractivity contribution < 1.29 is 13.2 Å². The van der Waals surface area contributed by atoms with Gasteiger partial charge in [-0.05, 0) is 6.92 Å². The molecule has 1 unspecified atom stereocenters. The van der Waals surface area contributed by atoms with Gasteiger partial charge in [-0.2, -0.15) is 13.2 Å². The summed E-state index contributed by atoms with van der Waals surface area (Å²) >= 11 is 1.18. The Balaban J connectivity index is 4.32. The fraction of sp³-hybridized carbons (Fsp3) is 0.750. The summed E-state index contributed by atoms with van der Waals surface area (Å²) in [5, 5.41) is 6.41. The third-order valence-corrected chi connectivity index (χ3v) is 1.75. The van der Waals surface area contributed by atoms with E-state index < -0.39 is 9.60 Å². The zero-order chi connectivity index (χ0) is 7.71. The Morgan fingerprint density at radius 1 is 1.44 bits per heavy atom. The molecule has 0 rings (SSSR count). The molecule has 0 saturated heterocycles. The van der Waals surface area contributed by atoms with Crippen molar-refractivity contribution >= 4 is 28.8 Å². The van der Waals surface area contributed by atoms with Gasteiger partial charge in [0.25, 0.3) is 0 Å². The monoisotopic (exact) mass is 251 g/mol. The molecule has 0 saturated carbocycles. The minimum atomic E-state index is -4.31. The maximum absolute atomic E-state index is 11.7. The second-order valence-corrected chi connectivity index (χ2v) is 3.96. The summed E-state index contributed by atoms with van der Waals surface area (Å²) < 4.78 is 33.0. The lowest BCUT2D eigenvalue weighted by atomic mass is 10.2. The molecule has 1 nitrogen and oxygen atoms in total. The average Bonchev–Trinajstić information content (AvgIpc) is 1.64. The minimum absolute atomic E-state index is 0.383. The zero-order valence-electron chi connectivity index (χ0n) is 4.59. The number of halogens is 4. The molecule has 0 aliphatic rings. The molecule has 0 radical (unpaired) electrons. The Bertz CT molecular complexity index is 117. The van der Waals surface area contributed by atoms with E-state index in [1.807, 2.05) is 0 Å². The van der Waals surface area contributed by atoms with Gasteiger partial charge in [-0.15, -0.1) is 0 Å². The van der Waals surface area contributed by atoms with Crippen LogP contribution in [0.25, 0.3) is 0 Å². The minimum Gasteiger partial charge on any atom is -0.311 e. The second-order valence-electron chi connectivity index (χ2n) is 1.72. The molecule has 0 heterocycles. The largest absolute Gasteiger partial charge is 0.407 e. The third kappa shape index (κ3) is 2.11. The molecule has 9 heavy (non-hydrogen) atoms. The number of hydrogen-bond acceptors (Lipinski definition) is 1. The highest BCUT2D eigenvalue weighted by molar-refractivity contribution is 14.1. The highest BCUT2D eigenvalue weighted by atomic mass is 127. The molecule has 0 bridgehead atoms. The van der Waals surface area contributed by atoms with Crippen molar-refractivity contribution in [2.24, 2.45) is 0 Å². The normalized spacial score (nSPS) is 18.8. The first-order valence-corrected chi connectivity index (χ1v) is 3.16. The average molecular weight is 251 g/mol. The van der Waals surface area contributed by atoms with Crippen LogP contribution in [0.3, 0.4) is 0 Å². The molecule has 0 aliphatic carbocycles. The number of nitrogens with one attached hydrogen (secondary N) is 1. The third-order valence-electron chi connectivity index (χ3n) is 0.825. The van der Waals surface area contributed by atoms with Gasteiger partial charge in [0.05, 0.1) is 0 Å². The second kappa shape index (κ2) is 2.43. The Labute approximate surface area is 64.3 Å². The summed E-state index contributed by atoms with van der Waals surface area (Å²) in [6, 6.07) is 0. The van der Waals surface area contributed by atoms with E-state index in [2.05, 4.69) is 0 Å². The van der Waals surface area contributed by atoms with Gasteiger partial charge in [-0.3, -0.25) is 0 Å². The Morgan fingerprint density at radius 3 is 1.78 bits per heavy atom. The van der Waals surface area contributed by atoms with Crippen molar-refractivity contribution in [2.45, 2.75) is 16.5 Å². The van der Waals surface area contributed by atoms with E-state index in [0.717, 1.165) is 6.92 Å². The van der Waals surface area contributed by atoms with Gasteiger partial charge in [0.1, 0.15) is 3.42 Å². The van der Waals surface area contributed by atoms with Gasteiger partial charge < -0.3 is 5.41 Å². The summed E-state index contributed by atoms with van der Waals surface area (Å²) in [7, 11) is 0. The molecule has 54 valence electrons. The highest BCUT2D eigenvalue weighted by Gasteiger charge is 2.47. The van der Waals surface area contributed by atoms with Crippen molar-refractivity contribution in [1.29, 1.82) is 5.41 Å². The SMILES string of the molecule is CC(I)(C=N)C(F)(F)F. The molecular formula is C4H5F3IN.